The van der Waals surface area contributed by atoms with E-state index in [4.69, 9.17) is 28.9 Å². The SMILES string of the molecule is CC1(C)C[C@@H]([C@H](N)c2cc(Cl)c(Cl)cc2O)CCN1. The van der Waals surface area contributed by atoms with Gasteiger partial charge in [-0.15, -0.1) is 0 Å². The molecule has 3 nitrogen and oxygen atoms in total. The third kappa shape index (κ3) is 3.34. The first-order valence-corrected chi connectivity index (χ1v) is 7.24. The predicted octanol–water partition coefficient (Wildman–Crippen LogP) is 3.48. The summed E-state index contributed by atoms with van der Waals surface area (Å²) in [6.45, 7) is 5.27. The van der Waals surface area contributed by atoms with Gasteiger partial charge in [-0.1, -0.05) is 23.2 Å². The summed E-state index contributed by atoms with van der Waals surface area (Å²) < 4.78 is 0. The minimum absolute atomic E-state index is 0.0758. The van der Waals surface area contributed by atoms with Gasteiger partial charge < -0.3 is 16.2 Å². The number of piperidine rings is 1. The van der Waals surface area contributed by atoms with Crippen molar-refractivity contribution in [3.05, 3.63) is 27.7 Å². The molecule has 4 N–H and O–H groups in total. The molecular weight excluding hydrogens is 283 g/mol. The molecule has 0 unspecified atom stereocenters. The maximum absolute atomic E-state index is 10.0. The second-order valence-electron chi connectivity index (χ2n) is 5.91. The molecule has 1 heterocycles. The Labute approximate surface area is 124 Å². The molecule has 1 fully saturated rings. The molecular formula is C14H20Cl2N2O. The van der Waals surface area contributed by atoms with Crippen molar-refractivity contribution in [1.82, 2.24) is 5.32 Å². The highest BCUT2D eigenvalue weighted by atomic mass is 35.5. The lowest BCUT2D eigenvalue weighted by molar-refractivity contribution is 0.204. The number of nitrogens with one attached hydrogen (secondary N) is 1. The van der Waals surface area contributed by atoms with Gasteiger partial charge in [0.25, 0.3) is 0 Å². The number of halogens is 2. The van der Waals surface area contributed by atoms with Crippen LogP contribution in [0.2, 0.25) is 10.0 Å². The van der Waals surface area contributed by atoms with Gasteiger partial charge in [0.15, 0.2) is 0 Å². The van der Waals surface area contributed by atoms with Crippen molar-refractivity contribution in [2.75, 3.05) is 6.54 Å². The second kappa shape index (κ2) is 5.49. The highest BCUT2D eigenvalue weighted by Crippen LogP contribution is 2.39. The Morgan fingerprint density at radius 1 is 1.37 bits per heavy atom. The van der Waals surface area contributed by atoms with E-state index in [-0.39, 0.29) is 17.3 Å². The maximum Gasteiger partial charge on any atom is 0.121 e. The topological polar surface area (TPSA) is 58.3 Å². The van der Waals surface area contributed by atoms with Gasteiger partial charge in [-0.25, -0.2) is 0 Å². The summed E-state index contributed by atoms with van der Waals surface area (Å²) >= 11 is 11.9. The van der Waals surface area contributed by atoms with Crippen molar-refractivity contribution in [3.63, 3.8) is 0 Å². The zero-order valence-corrected chi connectivity index (χ0v) is 12.7. The van der Waals surface area contributed by atoms with Crippen LogP contribution < -0.4 is 11.1 Å². The predicted molar refractivity (Wildman–Crippen MR) is 79.9 cm³/mol. The summed E-state index contributed by atoms with van der Waals surface area (Å²) in [6, 6.07) is 2.92. The average Bonchev–Trinajstić information content (AvgIpc) is 2.31. The molecule has 1 saturated heterocycles. The lowest BCUT2D eigenvalue weighted by Crippen LogP contribution is -2.48. The van der Waals surface area contributed by atoms with Gasteiger partial charge in [0.2, 0.25) is 0 Å². The third-order valence-electron chi connectivity index (χ3n) is 3.83. The van der Waals surface area contributed by atoms with E-state index in [1.807, 2.05) is 0 Å². The number of hydrogen-bond donors (Lipinski definition) is 3. The zero-order chi connectivity index (χ0) is 14.2. The number of benzene rings is 1. The Morgan fingerprint density at radius 3 is 2.63 bits per heavy atom. The minimum Gasteiger partial charge on any atom is -0.508 e. The average molecular weight is 303 g/mol. The molecule has 2 rings (SSSR count). The molecule has 0 spiro atoms. The molecule has 106 valence electrons. The molecule has 1 aromatic carbocycles. The van der Waals surface area contributed by atoms with Crippen molar-refractivity contribution < 1.29 is 5.11 Å². The van der Waals surface area contributed by atoms with Crippen molar-refractivity contribution in [2.45, 2.75) is 38.3 Å². The van der Waals surface area contributed by atoms with Crippen LogP contribution in [0.4, 0.5) is 0 Å². The lowest BCUT2D eigenvalue weighted by atomic mass is 9.78. The fraction of sp³-hybridized carbons (Fsp3) is 0.571. The first kappa shape index (κ1) is 14.9. The highest BCUT2D eigenvalue weighted by molar-refractivity contribution is 6.42. The van der Waals surface area contributed by atoms with Crippen LogP contribution in [0.1, 0.15) is 38.3 Å². The monoisotopic (exact) mass is 302 g/mol. The first-order chi connectivity index (χ1) is 8.80. The van der Waals surface area contributed by atoms with E-state index in [1.165, 1.54) is 6.07 Å². The molecule has 1 aliphatic rings. The summed E-state index contributed by atoms with van der Waals surface area (Å²) in [5.74, 6) is 0.442. The molecule has 1 aliphatic heterocycles. The number of nitrogens with two attached hydrogens (primary N) is 1. The van der Waals surface area contributed by atoms with Crippen LogP contribution in [0.3, 0.4) is 0 Å². The van der Waals surface area contributed by atoms with E-state index in [0.29, 0.717) is 21.5 Å². The fourth-order valence-corrected chi connectivity index (χ4v) is 3.13. The molecule has 1 aromatic rings. The summed E-state index contributed by atoms with van der Waals surface area (Å²) in [4.78, 5) is 0. The van der Waals surface area contributed by atoms with Gasteiger partial charge >= 0.3 is 0 Å². The van der Waals surface area contributed by atoms with Gasteiger partial charge in [0.1, 0.15) is 5.75 Å². The zero-order valence-electron chi connectivity index (χ0n) is 11.2. The largest absolute Gasteiger partial charge is 0.508 e. The fourth-order valence-electron chi connectivity index (χ4n) is 2.80. The van der Waals surface area contributed by atoms with E-state index in [0.717, 1.165) is 19.4 Å². The molecule has 19 heavy (non-hydrogen) atoms. The van der Waals surface area contributed by atoms with E-state index in [2.05, 4.69) is 19.2 Å². The van der Waals surface area contributed by atoms with E-state index >= 15 is 0 Å². The van der Waals surface area contributed by atoms with Crippen LogP contribution in [0.5, 0.6) is 5.75 Å². The molecule has 0 saturated carbocycles. The van der Waals surface area contributed by atoms with E-state index in [1.54, 1.807) is 6.07 Å². The number of phenols is 1. The second-order valence-corrected chi connectivity index (χ2v) is 6.73. The van der Waals surface area contributed by atoms with Crippen molar-refractivity contribution in [3.8, 4) is 5.75 Å². The van der Waals surface area contributed by atoms with Gasteiger partial charge in [-0.2, -0.15) is 0 Å². The molecule has 0 amide bonds. The minimum atomic E-state index is -0.226. The Bertz CT molecular complexity index is 477. The van der Waals surface area contributed by atoms with Crippen LogP contribution in [0.25, 0.3) is 0 Å². The van der Waals surface area contributed by atoms with Crippen LogP contribution in [0, 0.1) is 5.92 Å². The Morgan fingerprint density at radius 2 is 2.00 bits per heavy atom. The standard InChI is InChI=1S/C14H20Cl2N2O/c1-14(2)7-8(3-4-18-14)13(17)9-5-10(15)11(16)6-12(9)19/h5-6,8,13,18-19H,3-4,7,17H2,1-2H3/t8-,13-/m0/s1. The molecule has 0 bridgehead atoms. The number of aromatic hydroxyl groups is 1. The van der Waals surface area contributed by atoms with Gasteiger partial charge in [0, 0.05) is 23.2 Å². The van der Waals surface area contributed by atoms with Crippen LogP contribution >= 0.6 is 23.2 Å². The van der Waals surface area contributed by atoms with Crippen molar-refractivity contribution >= 4 is 23.2 Å². The normalized spacial score (nSPS) is 24.2. The van der Waals surface area contributed by atoms with E-state index in [9.17, 15) is 5.11 Å². The van der Waals surface area contributed by atoms with Crippen LogP contribution in [-0.2, 0) is 0 Å². The molecule has 0 aliphatic carbocycles. The quantitative estimate of drug-likeness (QED) is 0.784. The van der Waals surface area contributed by atoms with Crippen LogP contribution in [-0.4, -0.2) is 17.2 Å². The van der Waals surface area contributed by atoms with Crippen molar-refractivity contribution in [1.29, 1.82) is 0 Å². The summed E-state index contributed by atoms with van der Waals surface area (Å²) in [5, 5.41) is 14.2. The Balaban J connectivity index is 2.24. The van der Waals surface area contributed by atoms with Crippen LogP contribution in [0.15, 0.2) is 12.1 Å². The molecule has 0 radical (unpaired) electrons. The number of rotatable bonds is 2. The Hall–Kier alpha value is -0.480. The van der Waals surface area contributed by atoms with E-state index < -0.39 is 0 Å². The number of phenolic OH excluding ortho intramolecular Hbond substituents is 1. The summed E-state index contributed by atoms with van der Waals surface area (Å²) in [6.07, 6.45) is 1.96. The van der Waals surface area contributed by atoms with Gasteiger partial charge in [0.05, 0.1) is 10.0 Å². The Kier molecular flexibility index (Phi) is 4.31. The third-order valence-corrected chi connectivity index (χ3v) is 4.55. The van der Waals surface area contributed by atoms with Gasteiger partial charge in [-0.05, 0) is 45.2 Å². The highest BCUT2D eigenvalue weighted by Gasteiger charge is 2.32. The molecule has 0 aromatic heterocycles. The smallest absolute Gasteiger partial charge is 0.121 e. The van der Waals surface area contributed by atoms with Gasteiger partial charge in [-0.3, -0.25) is 0 Å². The lowest BCUT2D eigenvalue weighted by Gasteiger charge is -2.39. The van der Waals surface area contributed by atoms with Crippen molar-refractivity contribution in [2.24, 2.45) is 11.7 Å². The maximum atomic E-state index is 10.0. The summed E-state index contributed by atoms with van der Waals surface area (Å²) in [7, 11) is 0. The summed E-state index contributed by atoms with van der Waals surface area (Å²) in [5.41, 5.74) is 7.07. The first-order valence-electron chi connectivity index (χ1n) is 6.49. The number of hydrogen-bond acceptors (Lipinski definition) is 3. The molecule has 5 heteroatoms. The molecule has 2 atom stereocenters.